The Kier molecular flexibility index (Phi) is 7.14. The Bertz CT molecular complexity index is 1180. The number of para-hydroxylation sites is 1. The minimum absolute atomic E-state index is 0.194. The molecule has 0 atom stereocenters. The molecule has 0 bridgehead atoms. The van der Waals surface area contributed by atoms with Gasteiger partial charge < -0.3 is 14.8 Å². The number of rotatable bonds is 7. The number of nitrogens with zero attached hydrogens (tertiary/aromatic N) is 1. The van der Waals surface area contributed by atoms with E-state index in [-0.39, 0.29) is 5.91 Å². The molecule has 0 radical (unpaired) electrons. The predicted molar refractivity (Wildman–Crippen MR) is 131 cm³/mol. The molecule has 3 aromatic rings. The van der Waals surface area contributed by atoms with Gasteiger partial charge >= 0.3 is 0 Å². The summed E-state index contributed by atoms with van der Waals surface area (Å²) in [7, 11) is 0. The Morgan fingerprint density at radius 1 is 1.00 bits per heavy atom. The highest BCUT2D eigenvalue weighted by Gasteiger charge is 2.24. The molecule has 1 amide bonds. The second-order valence-electron chi connectivity index (χ2n) is 6.83. The van der Waals surface area contributed by atoms with Crippen molar-refractivity contribution in [2.45, 2.75) is 13.5 Å². The topological polar surface area (TPSA) is 59.9 Å². The maximum absolute atomic E-state index is 12.5. The lowest BCUT2D eigenvalue weighted by Crippen LogP contribution is -2.19. The summed E-state index contributed by atoms with van der Waals surface area (Å²) in [6.45, 7) is 2.88. The first kappa shape index (κ1) is 22.0. The average Bonchev–Trinajstić information content (AvgIpc) is 3.14. The first-order valence-corrected chi connectivity index (χ1v) is 11.3. The molecule has 4 rings (SSSR count). The zero-order valence-electron chi connectivity index (χ0n) is 17.4. The first-order chi connectivity index (χ1) is 15.6. The van der Waals surface area contributed by atoms with Crippen molar-refractivity contribution in [1.82, 2.24) is 5.32 Å². The van der Waals surface area contributed by atoms with E-state index in [0.29, 0.717) is 34.1 Å². The van der Waals surface area contributed by atoms with E-state index < -0.39 is 0 Å². The SMILES string of the molecule is CCOc1ccc(N=C2NC(=O)/C(=C\c3ccccc3OCc3ccccc3Cl)S2)cc1. The van der Waals surface area contributed by atoms with Crippen molar-refractivity contribution in [3.05, 3.63) is 93.9 Å². The number of hydrogen-bond donors (Lipinski definition) is 1. The van der Waals surface area contributed by atoms with Gasteiger partial charge in [0.15, 0.2) is 5.17 Å². The van der Waals surface area contributed by atoms with E-state index in [9.17, 15) is 4.79 Å². The Labute approximate surface area is 196 Å². The van der Waals surface area contributed by atoms with Crippen molar-refractivity contribution in [3.8, 4) is 11.5 Å². The monoisotopic (exact) mass is 464 g/mol. The normalized spacial score (nSPS) is 15.8. The van der Waals surface area contributed by atoms with E-state index in [1.165, 1.54) is 11.8 Å². The Balaban J connectivity index is 1.49. The lowest BCUT2D eigenvalue weighted by Gasteiger charge is -2.10. The lowest BCUT2D eigenvalue weighted by molar-refractivity contribution is -0.115. The molecule has 5 nitrogen and oxygen atoms in total. The molecule has 1 aliphatic rings. The van der Waals surface area contributed by atoms with Gasteiger partial charge in [0.25, 0.3) is 5.91 Å². The third-order valence-corrected chi connectivity index (χ3v) is 5.85. The molecule has 7 heteroatoms. The van der Waals surface area contributed by atoms with Crippen LogP contribution in [0.5, 0.6) is 11.5 Å². The number of nitrogens with one attached hydrogen (secondary N) is 1. The summed E-state index contributed by atoms with van der Waals surface area (Å²) in [4.78, 5) is 17.6. The molecule has 1 fully saturated rings. The van der Waals surface area contributed by atoms with E-state index >= 15 is 0 Å². The van der Waals surface area contributed by atoms with E-state index in [0.717, 1.165) is 22.6 Å². The summed E-state index contributed by atoms with van der Waals surface area (Å²) in [5.41, 5.74) is 2.44. The highest BCUT2D eigenvalue weighted by molar-refractivity contribution is 8.18. The van der Waals surface area contributed by atoms with E-state index in [1.807, 2.05) is 85.8 Å². The zero-order chi connectivity index (χ0) is 22.3. The molecule has 0 aliphatic carbocycles. The van der Waals surface area contributed by atoms with Crippen LogP contribution in [-0.4, -0.2) is 17.7 Å². The van der Waals surface area contributed by atoms with Crippen LogP contribution in [-0.2, 0) is 11.4 Å². The van der Waals surface area contributed by atoms with Crippen molar-refractivity contribution < 1.29 is 14.3 Å². The average molecular weight is 465 g/mol. The molecule has 0 unspecified atom stereocenters. The molecule has 162 valence electrons. The number of ether oxygens (including phenoxy) is 2. The number of carbonyl (C=O) groups excluding carboxylic acids is 1. The summed E-state index contributed by atoms with van der Waals surface area (Å²) in [6.07, 6.45) is 1.81. The highest BCUT2D eigenvalue weighted by atomic mass is 35.5. The number of aliphatic imine (C=N–C) groups is 1. The van der Waals surface area contributed by atoms with Crippen molar-refractivity contribution in [2.24, 2.45) is 4.99 Å². The zero-order valence-corrected chi connectivity index (χ0v) is 19.0. The van der Waals surface area contributed by atoms with E-state index in [4.69, 9.17) is 21.1 Å². The van der Waals surface area contributed by atoms with Crippen LogP contribution in [0.25, 0.3) is 6.08 Å². The molecule has 1 N–H and O–H groups in total. The Hall–Kier alpha value is -3.22. The number of carbonyl (C=O) groups is 1. The number of halogens is 1. The molecule has 1 heterocycles. The molecular formula is C25H21ClN2O3S. The van der Waals surface area contributed by atoms with Crippen LogP contribution < -0.4 is 14.8 Å². The van der Waals surface area contributed by atoms with Crippen LogP contribution in [0.15, 0.2) is 82.7 Å². The van der Waals surface area contributed by atoms with Gasteiger partial charge in [-0.05, 0) is 61.2 Å². The summed E-state index contributed by atoms with van der Waals surface area (Å²) >= 11 is 7.52. The summed E-state index contributed by atoms with van der Waals surface area (Å²) < 4.78 is 11.4. The smallest absolute Gasteiger partial charge is 0.264 e. The highest BCUT2D eigenvalue weighted by Crippen LogP contribution is 2.31. The van der Waals surface area contributed by atoms with Crippen LogP contribution in [0.2, 0.25) is 5.02 Å². The van der Waals surface area contributed by atoms with Crippen LogP contribution >= 0.6 is 23.4 Å². The maximum atomic E-state index is 12.5. The molecule has 0 spiro atoms. The quantitative estimate of drug-likeness (QED) is 0.422. The van der Waals surface area contributed by atoms with Crippen molar-refractivity contribution in [2.75, 3.05) is 6.61 Å². The van der Waals surface area contributed by atoms with Crippen molar-refractivity contribution in [3.63, 3.8) is 0 Å². The fourth-order valence-corrected chi connectivity index (χ4v) is 4.05. The molecule has 32 heavy (non-hydrogen) atoms. The van der Waals surface area contributed by atoms with Gasteiger partial charge in [-0.2, -0.15) is 0 Å². The predicted octanol–water partition coefficient (Wildman–Crippen LogP) is 6.21. The minimum atomic E-state index is -0.194. The third kappa shape index (κ3) is 5.52. The van der Waals surface area contributed by atoms with Crippen molar-refractivity contribution in [1.29, 1.82) is 0 Å². The van der Waals surface area contributed by atoms with Gasteiger partial charge in [-0.3, -0.25) is 4.79 Å². The molecule has 1 aliphatic heterocycles. The van der Waals surface area contributed by atoms with Gasteiger partial charge in [0, 0.05) is 16.1 Å². The molecule has 0 aromatic heterocycles. The number of amidine groups is 1. The maximum Gasteiger partial charge on any atom is 0.264 e. The standard InChI is InChI=1S/C25H21ClN2O3S/c1-2-30-20-13-11-19(12-14-20)27-25-28-24(29)23(32-25)15-17-7-4-6-10-22(17)31-16-18-8-3-5-9-21(18)26/h3-15H,2,16H2,1H3,(H,27,28,29)/b23-15+. The van der Waals surface area contributed by atoms with Gasteiger partial charge in [0.2, 0.25) is 0 Å². The molecular weight excluding hydrogens is 444 g/mol. The van der Waals surface area contributed by atoms with Gasteiger partial charge in [0.1, 0.15) is 18.1 Å². The number of thioether (sulfide) groups is 1. The fourth-order valence-electron chi connectivity index (χ4n) is 3.02. The second-order valence-corrected chi connectivity index (χ2v) is 8.26. The summed E-state index contributed by atoms with van der Waals surface area (Å²) in [6, 6.07) is 22.5. The van der Waals surface area contributed by atoms with Gasteiger partial charge in [-0.15, -0.1) is 0 Å². The van der Waals surface area contributed by atoms with Crippen LogP contribution in [0.3, 0.4) is 0 Å². The Morgan fingerprint density at radius 3 is 2.53 bits per heavy atom. The summed E-state index contributed by atoms with van der Waals surface area (Å²) in [5, 5.41) is 4.00. The number of hydrogen-bond acceptors (Lipinski definition) is 5. The molecule has 0 saturated carbocycles. The second kappa shape index (κ2) is 10.4. The van der Waals surface area contributed by atoms with Crippen LogP contribution in [0.1, 0.15) is 18.1 Å². The fraction of sp³-hybridized carbons (Fsp3) is 0.120. The minimum Gasteiger partial charge on any atom is -0.494 e. The molecule has 3 aromatic carbocycles. The van der Waals surface area contributed by atoms with Crippen molar-refractivity contribution >= 4 is 46.2 Å². The van der Waals surface area contributed by atoms with Crippen LogP contribution in [0, 0.1) is 0 Å². The first-order valence-electron chi connectivity index (χ1n) is 10.1. The lowest BCUT2D eigenvalue weighted by atomic mass is 10.2. The van der Waals surface area contributed by atoms with Gasteiger partial charge in [-0.25, -0.2) is 4.99 Å². The van der Waals surface area contributed by atoms with E-state index in [1.54, 1.807) is 0 Å². The molecule has 1 saturated heterocycles. The Morgan fingerprint density at radius 2 is 1.75 bits per heavy atom. The third-order valence-electron chi connectivity index (χ3n) is 4.58. The number of benzene rings is 3. The van der Waals surface area contributed by atoms with Gasteiger partial charge in [-0.1, -0.05) is 48.0 Å². The largest absolute Gasteiger partial charge is 0.494 e. The summed E-state index contributed by atoms with van der Waals surface area (Å²) in [5.74, 6) is 1.26. The van der Waals surface area contributed by atoms with E-state index in [2.05, 4.69) is 10.3 Å². The number of amides is 1. The van der Waals surface area contributed by atoms with Gasteiger partial charge in [0.05, 0.1) is 17.2 Å². The van der Waals surface area contributed by atoms with Crippen LogP contribution in [0.4, 0.5) is 5.69 Å².